The second-order valence-electron chi connectivity index (χ2n) is 5.69. The van der Waals surface area contributed by atoms with E-state index in [1.54, 1.807) is 0 Å². The van der Waals surface area contributed by atoms with Gasteiger partial charge in [0.05, 0.1) is 17.7 Å². The zero-order valence-electron chi connectivity index (χ0n) is 13.1. The van der Waals surface area contributed by atoms with Crippen LogP contribution in [0.5, 0.6) is 0 Å². The third kappa shape index (κ3) is 1.93. The standard InChI is InChI=1S/C20H17NO2/c1-3-23-20(22)18-12(2)17-15-10-6-7-11-16(15)21-19(17)14-9-5-4-8-13(14)18/h4-11,21H,3H2,1-2H3. The van der Waals surface area contributed by atoms with E-state index >= 15 is 0 Å². The van der Waals surface area contributed by atoms with Crippen molar-refractivity contribution in [3.8, 4) is 0 Å². The lowest BCUT2D eigenvalue weighted by molar-refractivity contribution is 0.0528. The third-order valence-electron chi connectivity index (χ3n) is 4.40. The van der Waals surface area contributed by atoms with Crippen LogP contribution < -0.4 is 0 Å². The Morgan fingerprint density at radius 2 is 1.65 bits per heavy atom. The molecule has 0 aliphatic carbocycles. The van der Waals surface area contributed by atoms with Crippen LogP contribution in [0.3, 0.4) is 0 Å². The highest BCUT2D eigenvalue weighted by molar-refractivity contribution is 6.23. The normalized spacial score (nSPS) is 11.4. The molecular weight excluding hydrogens is 286 g/mol. The van der Waals surface area contributed by atoms with E-state index < -0.39 is 0 Å². The van der Waals surface area contributed by atoms with Crippen LogP contribution in [0.4, 0.5) is 0 Å². The molecule has 1 aromatic heterocycles. The van der Waals surface area contributed by atoms with E-state index in [4.69, 9.17) is 4.74 Å². The average Bonchev–Trinajstić information content (AvgIpc) is 2.95. The third-order valence-corrected chi connectivity index (χ3v) is 4.40. The van der Waals surface area contributed by atoms with Gasteiger partial charge >= 0.3 is 5.97 Å². The first kappa shape index (κ1) is 13.8. The smallest absolute Gasteiger partial charge is 0.339 e. The van der Waals surface area contributed by atoms with Gasteiger partial charge in [0.25, 0.3) is 0 Å². The number of ether oxygens (including phenoxy) is 1. The second-order valence-corrected chi connectivity index (χ2v) is 5.69. The van der Waals surface area contributed by atoms with Crippen LogP contribution in [0.1, 0.15) is 22.8 Å². The van der Waals surface area contributed by atoms with Gasteiger partial charge in [-0.05, 0) is 30.9 Å². The number of esters is 1. The van der Waals surface area contributed by atoms with Crippen LogP contribution in [0.25, 0.3) is 32.6 Å². The van der Waals surface area contributed by atoms with Crippen LogP contribution in [0, 0.1) is 6.92 Å². The number of carbonyl (C=O) groups is 1. The Kier molecular flexibility index (Phi) is 3.08. The number of nitrogens with one attached hydrogen (secondary N) is 1. The Morgan fingerprint density at radius 3 is 2.39 bits per heavy atom. The SMILES string of the molecule is CCOC(=O)c1c(C)c2c3ccccc3[nH]c2c2ccccc12. The first-order valence-corrected chi connectivity index (χ1v) is 7.81. The Labute approximate surface area is 133 Å². The van der Waals surface area contributed by atoms with Crippen molar-refractivity contribution in [2.45, 2.75) is 13.8 Å². The van der Waals surface area contributed by atoms with Gasteiger partial charge in [-0.2, -0.15) is 0 Å². The molecular formula is C20H17NO2. The van der Waals surface area contributed by atoms with Gasteiger partial charge in [-0.3, -0.25) is 0 Å². The Bertz CT molecular complexity index is 1060. The maximum atomic E-state index is 12.5. The molecule has 1 heterocycles. The summed E-state index contributed by atoms with van der Waals surface area (Å²) in [7, 11) is 0. The summed E-state index contributed by atoms with van der Waals surface area (Å²) in [6, 6.07) is 16.2. The molecule has 3 heteroatoms. The van der Waals surface area contributed by atoms with Crippen molar-refractivity contribution in [3.63, 3.8) is 0 Å². The van der Waals surface area contributed by atoms with Gasteiger partial charge in [0.2, 0.25) is 0 Å². The Hall–Kier alpha value is -2.81. The van der Waals surface area contributed by atoms with Crippen molar-refractivity contribution in [1.82, 2.24) is 4.98 Å². The van der Waals surface area contributed by atoms with Gasteiger partial charge < -0.3 is 9.72 Å². The van der Waals surface area contributed by atoms with E-state index in [1.165, 1.54) is 0 Å². The summed E-state index contributed by atoms with van der Waals surface area (Å²) in [6.45, 7) is 4.21. The molecule has 114 valence electrons. The van der Waals surface area contributed by atoms with E-state index in [-0.39, 0.29) is 5.97 Å². The summed E-state index contributed by atoms with van der Waals surface area (Å²) in [6.07, 6.45) is 0. The quantitative estimate of drug-likeness (QED) is 0.532. The lowest BCUT2D eigenvalue weighted by Gasteiger charge is -2.12. The van der Waals surface area contributed by atoms with Gasteiger partial charge in [-0.15, -0.1) is 0 Å². The predicted molar refractivity (Wildman–Crippen MR) is 94.0 cm³/mol. The number of hydrogen-bond acceptors (Lipinski definition) is 2. The van der Waals surface area contributed by atoms with E-state index in [0.717, 1.165) is 38.1 Å². The summed E-state index contributed by atoms with van der Waals surface area (Å²) < 4.78 is 5.31. The summed E-state index contributed by atoms with van der Waals surface area (Å²) in [5.74, 6) is -0.256. The molecule has 0 amide bonds. The lowest BCUT2D eigenvalue weighted by atomic mass is 9.94. The highest BCUT2D eigenvalue weighted by atomic mass is 16.5. The lowest BCUT2D eigenvalue weighted by Crippen LogP contribution is -2.08. The largest absolute Gasteiger partial charge is 0.462 e. The maximum absolute atomic E-state index is 12.5. The number of hydrogen-bond donors (Lipinski definition) is 1. The number of fused-ring (bicyclic) bond motifs is 5. The van der Waals surface area contributed by atoms with E-state index in [1.807, 2.05) is 44.2 Å². The molecule has 0 bridgehead atoms. The minimum absolute atomic E-state index is 0.256. The molecule has 0 fully saturated rings. The number of aryl methyl sites for hydroxylation is 1. The molecule has 0 radical (unpaired) electrons. The molecule has 0 saturated carbocycles. The van der Waals surface area contributed by atoms with Crippen molar-refractivity contribution in [3.05, 3.63) is 59.7 Å². The Balaban J connectivity index is 2.25. The minimum atomic E-state index is -0.256. The molecule has 0 unspecified atom stereocenters. The number of carbonyl (C=O) groups excluding carboxylic acids is 1. The molecule has 23 heavy (non-hydrogen) atoms. The molecule has 1 N–H and O–H groups in total. The number of aromatic nitrogens is 1. The molecule has 4 rings (SSSR count). The van der Waals surface area contributed by atoms with Crippen molar-refractivity contribution in [2.75, 3.05) is 6.61 Å². The first-order chi connectivity index (χ1) is 11.2. The van der Waals surface area contributed by atoms with Crippen molar-refractivity contribution in [1.29, 1.82) is 0 Å². The molecule has 4 aromatic rings. The van der Waals surface area contributed by atoms with Crippen molar-refractivity contribution < 1.29 is 9.53 Å². The molecule has 0 atom stereocenters. The van der Waals surface area contributed by atoms with E-state index in [0.29, 0.717) is 12.2 Å². The van der Waals surface area contributed by atoms with Gasteiger partial charge in [0.1, 0.15) is 0 Å². The van der Waals surface area contributed by atoms with Crippen LogP contribution in [0.2, 0.25) is 0 Å². The van der Waals surface area contributed by atoms with Gasteiger partial charge in [-0.1, -0.05) is 42.5 Å². The molecule has 3 aromatic carbocycles. The maximum Gasteiger partial charge on any atom is 0.339 e. The summed E-state index contributed by atoms with van der Waals surface area (Å²) in [5.41, 5.74) is 3.79. The Morgan fingerprint density at radius 1 is 1.00 bits per heavy atom. The van der Waals surface area contributed by atoms with Gasteiger partial charge in [0, 0.05) is 21.7 Å². The van der Waals surface area contributed by atoms with E-state index in [9.17, 15) is 4.79 Å². The monoisotopic (exact) mass is 303 g/mol. The number of benzene rings is 3. The van der Waals surface area contributed by atoms with Crippen molar-refractivity contribution >= 4 is 38.5 Å². The highest BCUT2D eigenvalue weighted by Gasteiger charge is 2.20. The fourth-order valence-electron chi connectivity index (χ4n) is 3.45. The summed E-state index contributed by atoms with van der Waals surface area (Å²) in [5, 5.41) is 4.22. The molecule has 0 aliphatic rings. The van der Waals surface area contributed by atoms with Crippen molar-refractivity contribution in [2.24, 2.45) is 0 Å². The number of rotatable bonds is 2. The average molecular weight is 303 g/mol. The fourth-order valence-corrected chi connectivity index (χ4v) is 3.45. The van der Waals surface area contributed by atoms with E-state index in [2.05, 4.69) is 23.2 Å². The van der Waals surface area contributed by atoms with Gasteiger partial charge in [-0.25, -0.2) is 4.79 Å². The van der Waals surface area contributed by atoms with Crippen LogP contribution >= 0.6 is 0 Å². The molecule has 0 aliphatic heterocycles. The molecule has 0 saturated heterocycles. The second kappa shape index (κ2) is 5.13. The topological polar surface area (TPSA) is 42.1 Å². The van der Waals surface area contributed by atoms with Gasteiger partial charge in [0.15, 0.2) is 0 Å². The fraction of sp³-hybridized carbons (Fsp3) is 0.150. The highest BCUT2D eigenvalue weighted by Crippen LogP contribution is 2.37. The zero-order valence-corrected chi connectivity index (χ0v) is 13.1. The van der Waals surface area contributed by atoms with Crippen LogP contribution in [-0.2, 0) is 4.74 Å². The summed E-state index contributed by atoms with van der Waals surface area (Å²) in [4.78, 5) is 16.1. The summed E-state index contributed by atoms with van der Waals surface area (Å²) >= 11 is 0. The first-order valence-electron chi connectivity index (χ1n) is 7.81. The predicted octanol–water partition coefficient (Wildman–Crippen LogP) is 4.96. The minimum Gasteiger partial charge on any atom is -0.462 e. The number of aromatic amines is 1. The number of H-pyrrole nitrogens is 1. The van der Waals surface area contributed by atoms with Crippen LogP contribution in [-0.4, -0.2) is 17.6 Å². The number of para-hydroxylation sites is 1. The molecule has 0 spiro atoms. The van der Waals surface area contributed by atoms with Crippen LogP contribution in [0.15, 0.2) is 48.5 Å². The zero-order chi connectivity index (χ0) is 16.0. The molecule has 3 nitrogen and oxygen atoms in total.